The highest BCUT2D eigenvalue weighted by Crippen LogP contribution is 2.18. The summed E-state index contributed by atoms with van der Waals surface area (Å²) >= 11 is 1.37. The van der Waals surface area contributed by atoms with Crippen LogP contribution in [0, 0.1) is 0 Å². The number of hydrogen-bond donors (Lipinski definition) is 0. The molecule has 1 aromatic heterocycles. The third kappa shape index (κ3) is 4.33. The molecule has 0 unspecified atom stereocenters. The van der Waals surface area contributed by atoms with E-state index in [1.165, 1.54) is 11.8 Å². The highest BCUT2D eigenvalue weighted by molar-refractivity contribution is 7.99. The van der Waals surface area contributed by atoms with Crippen molar-refractivity contribution >= 4 is 17.7 Å². The zero-order chi connectivity index (χ0) is 16.9. The van der Waals surface area contributed by atoms with Crippen molar-refractivity contribution in [3.8, 4) is 0 Å². The summed E-state index contributed by atoms with van der Waals surface area (Å²) in [7, 11) is 0. The van der Waals surface area contributed by atoms with Crippen LogP contribution in [0.4, 0.5) is 0 Å². The lowest BCUT2D eigenvalue weighted by Crippen LogP contribution is -2.48. The maximum atomic E-state index is 12.4. The molecule has 0 spiro atoms. The number of aromatic nitrogens is 4. The summed E-state index contributed by atoms with van der Waals surface area (Å²) in [6.45, 7) is 5.85. The van der Waals surface area contributed by atoms with Crippen molar-refractivity contribution in [3.05, 3.63) is 35.9 Å². The van der Waals surface area contributed by atoms with Gasteiger partial charge in [-0.15, -0.1) is 5.10 Å². The van der Waals surface area contributed by atoms with E-state index in [9.17, 15) is 4.79 Å². The molecule has 1 amide bonds. The van der Waals surface area contributed by atoms with Crippen LogP contribution in [-0.2, 0) is 16.1 Å². The highest BCUT2D eigenvalue weighted by Gasteiger charge is 2.26. The monoisotopic (exact) mass is 347 g/mol. The Morgan fingerprint density at radius 1 is 1.25 bits per heavy atom. The number of hydrogen-bond acceptors (Lipinski definition) is 6. The van der Waals surface area contributed by atoms with Crippen LogP contribution in [-0.4, -0.2) is 62.1 Å². The van der Waals surface area contributed by atoms with E-state index in [2.05, 4.69) is 15.5 Å². The van der Waals surface area contributed by atoms with Gasteiger partial charge in [0.2, 0.25) is 11.1 Å². The fourth-order valence-corrected chi connectivity index (χ4v) is 3.53. The summed E-state index contributed by atoms with van der Waals surface area (Å²) in [5.41, 5.74) is 1.12. The normalized spacial score (nSPS) is 21.0. The SMILES string of the molecule is C[C@@H]1CN(C(=O)CSc2nnnn2Cc2ccccc2)C[C@H](C)O1. The minimum atomic E-state index is 0.0751. The van der Waals surface area contributed by atoms with Gasteiger partial charge in [0.25, 0.3) is 0 Å². The van der Waals surface area contributed by atoms with E-state index in [0.29, 0.717) is 30.5 Å². The molecule has 0 aliphatic carbocycles. The van der Waals surface area contributed by atoms with E-state index in [-0.39, 0.29) is 18.1 Å². The van der Waals surface area contributed by atoms with Gasteiger partial charge in [-0.25, -0.2) is 4.68 Å². The van der Waals surface area contributed by atoms with Crippen LogP contribution in [0.3, 0.4) is 0 Å². The standard InChI is InChI=1S/C16H21N5O2S/c1-12-8-20(9-13(2)23-12)15(22)11-24-16-17-18-19-21(16)10-14-6-4-3-5-7-14/h3-7,12-13H,8-11H2,1-2H3/t12-,13+. The van der Waals surface area contributed by atoms with Crippen LogP contribution >= 0.6 is 11.8 Å². The van der Waals surface area contributed by atoms with Crippen molar-refractivity contribution in [1.82, 2.24) is 25.1 Å². The predicted octanol–water partition coefficient (Wildman–Crippen LogP) is 1.45. The Balaban J connectivity index is 1.57. The number of tetrazole rings is 1. The number of carbonyl (C=O) groups excluding carboxylic acids is 1. The number of benzene rings is 1. The molecular formula is C16H21N5O2S. The number of ether oxygens (including phenoxy) is 1. The van der Waals surface area contributed by atoms with Gasteiger partial charge < -0.3 is 9.64 Å². The molecule has 24 heavy (non-hydrogen) atoms. The summed E-state index contributed by atoms with van der Waals surface area (Å²) in [6.07, 6.45) is 0.150. The summed E-state index contributed by atoms with van der Waals surface area (Å²) in [6, 6.07) is 9.99. The Morgan fingerprint density at radius 3 is 2.67 bits per heavy atom. The molecule has 8 heteroatoms. The minimum Gasteiger partial charge on any atom is -0.372 e. The van der Waals surface area contributed by atoms with E-state index in [0.717, 1.165) is 5.56 Å². The first-order valence-electron chi connectivity index (χ1n) is 7.98. The molecule has 3 rings (SSSR count). The van der Waals surface area contributed by atoms with Gasteiger partial charge in [0.1, 0.15) is 0 Å². The van der Waals surface area contributed by atoms with Crippen molar-refractivity contribution in [1.29, 1.82) is 0 Å². The number of morpholine rings is 1. The van der Waals surface area contributed by atoms with Crippen molar-refractivity contribution in [2.75, 3.05) is 18.8 Å². The third-order valence-corrected chi connectivity index (χ3v) is 4.71. The molecule has 0 saturated carbocycles. The molecule has 1 aliphatic rings. The average molecular weight is 347 g/mol. The lowest BCUT2D eigenvalue weighted by Gasteiger charge is -2.35. The Labute approximate surface area is 145 Å². The van der Waals surface area contributed by atoms with Crippen molar-refractivity contribution in [2.24, 2.45) is 0 Å². The molecule has 1 saturated heterocycles. The first-order chi connectivity index (χ1) is 11.6. The maximum Gasteiger partial charge on any atom is 0.233 e. The molecule has 128 valence electrons. The van der Waals surface area contributed by atoms with Crippen LogP contribution in [0.5, 0.6) is 0 Å². The molecule has 7 nitrogen and oxygen atoms in total. The van der Waals surface area contributed by atoms with Crippen LogP contribution in [0.1, 0.15) is 19.4 Å². The van der Waals surface area contributed by atoms with Crippen LogP contribution < -0.4 is 0 Å². The fraction of sp³-hybridized carbons (Fsp3) is 0.500. The highest BCUT2D eigenvalue weighted by atomic mass is 32.2. The van der Waals surface area contributed by atoms with Crippen molar-refractivity contribution in [2.45, 2.75) is 37.8 Å². The van der Waals surface area contributed by atoms with E-state index in [1.54, 1.807) is 4.68 Å². The minimum absolute atomic E-state index is 0.0751. The molecule has 2 aromatic rings. The Kier molecular flexibility index (Phi) is 5.47. The topological polar surface area (TPSA) is 73.1 Å². The number of nitrogens with zero attached hydrogens (tertiary/aromatic N) is 5. The largest absolute Gasteiger partial charge is 0.372 e. The predicted molar refractivity (Wildman–Crippen MR) is 90.7 cm³/mol. The van der Waals surface area contributed by atoms with Gasteiger partial charge in [0.05, 0.1) is 24.5 Å². The van der Waals surface area contributed by atoms with Crippen LogP contribution in [0.15, 0.2) is 35.5 Å². The number of carbonyl (C=O) groups is 1. The Morgan fingerprint density at radius 2 is 1.96 bits per heavy atom. The smallest absolute Gasteiger partial charge is 0.233 e. The lowest BCUT2D eigenvalue weighted by molar-refractivity contribution is -0.140. The second-order valence-corrected chi connectivity index (χ2v) is 6.89. The lowest BCUT2D eigenvalue weighted by atomic mass is 10.2. The van der Waals surface area contributed by atoms with Crippen molar-refractivity contribution in [3.63, 3.8) is 0 Å². The second-order valence-electron chi connectivity index (χ2n) is 5.95. The van der Waals surface area contributed by atoms with Gasteiger partial charge in [0, 0.05) is 13.1 Å². The molecule has 0 radical (unpaired) electrons. The number of thioether (sulfide) groups is 1. The summed E-state index contributed by atoms with van der Waals surface area (Å²) in [5.74, 6) is 0.422. The first kappa shape index (κ1) is 16.9. The molecule has 0 bridgehead atoms. The molecule has 1 aromatic carbocycles. The van der Waals surface area contributed by atoms with Crippen LogP contribution in [0.25, 0.3) is 0 Å². The van der Waals surface area contributed by atoms with Crippen LogP contribution in [0.2, 0.25) is 0 Å². The van der Waals surface area contributed by atoms with Gasteiger partial charge in [-0.1, -0.05) is 42.1 Å². The van der Waals surface area contributed by atoms with Crippen molar-refractivity contribution < 1.29 is 9.53 Å². The van der Waals surface area contributed by atoms with E-state index in [4.69, 9.17) is 4.74 Å². The van der Waals surface area contributed by atoms with Gasteiger partial charge in [0.15, 0.2) is 0 Å². The summed E-state index contributed by atoms with van der Waals surface area (Å²) < 4.78 is 7.39. The second kappa shape index (κ2) is 7.76. The molecule has 1 fully saturated rings. The van der Waals surface area contributed by atoms with Gasteiger partial charge >= 0.3 is 0 Å². The number of rotatable bonds is 5. The summed E-state index contributed by atoms with van der Waals surface area (Å²) in [4.78, 5) is 14.3. The molecule has 2 atom stereocenters. The molecule has 1 aliphatic heterocycles. The van der Waals surface area contributed by atoms with E-state index >= 15 is 0 Å². The molecule has 2 heterocycles. The number of amides is 1. The summed E-state index contributed by atoms with van der Waals surface area (Å²) in [5, 5.41) is 12.4. The van der Waals surface area contributed by atoms with Gasteiger partial charge in [-0.3, -0.25) is 4.79 Å². The Bertz CT molecular complexity index is 668. The zero-order valence-corrected chi connectivity index (χ0v) is 14.6. The Hall–Kier alpha value is -1.93. The van der Waals surface area contributed by atoms with Gasteiger partial charge in [-0.05, 0) is 29.8 Å². The quantitative estimate of drug-likeness (QED) is 0.762. The van der Waals surface area contributed by atoms with E-state index in [1.807, 2.05) is 49.1 Å². The molecule has 0 N–H and O–H groups in total. The van der Waals surface area contributed by atoms with E-state index < -0.39 is 0 Å². The fourth-order valence-electron chi connectivity index (χ4n) is 2.75. The zero-order valence-electron chi connectivity index (χ0n) is 13.8. The van der Waals surface area contributed by atoms with Gasteiger partial charge in [-0.2, -0.15) is 0 Å². The molecular weight excluding hydrogens is 326 g/mol. The third-order valence-electron chi connectivity index (χ3n) is 3.77. The average Bonchev–Trinajstić information content (AvgIpc) is 3.00. The first-order valence-corrected chi connectivity index (χ1v) is 8.96. The maximum absolute atomic E-state index is 12.4.